The standard InChI is InChI=1S/C10H11ClN4O2S/c1-7(2)15-9(8-5-3-4-6-12-8)13-14-10(15)18(11,16)17/h3-7H,1-2H3. The Morgan fingerprint density at radius 3 is 2.50 bits per heavy atom. The summed E-state index contributed by atoms with van der Waals surface area (Å²) in [4.78, 5) is 4.13. The van der Waals surface area contributed by atoms with Gasteiger partial charge in [0.2, 0.25) is 0 Å². The van der Waals surface area contributed by atoms with Gasteiger partial charge in [-0.2, -0.15) is 0 Å². The van der Waals surface area contributed by atoms with Crippen molar-refractivity contribution in [2.75, 3.05) is 0 Å². The maximum Gasteiger partial charge on any atom is 0.296 e. The van der Waals surface area contributed by atoms with Crippen molar-refractivity contribution in [1.29, 1.82) is 0 Å². The van der Waals surface area contributed by atoms with Gasteiger partial charge in [-0.3, -0.25) is 9.55 Å². The molecule has 6 nitrogen and oxygen atoms in total. The summed E-state index contributed by atoms with van der Waals surface area (Å²) in [5.74, 6) is 0.379. The fourth-order valence-corrected chi connectivity index (χ4v) is 2.56. The van der Waals surface area contributed by atoms with Crippen LogP contribution in [0.3, 0.4) is 0 Å². The molecule has 0 aliphatic carbocycles. The average molecular weight is 287 g/mol. The molecule has 2 heterocycles. The summed E-state index contributed by atoms with van der Waals surface area (Å²) < 4.78 is 24.3. The van der Waals surface area contributed by atoms with E-state index in [0.29, 0.717) is 11.5 Å². The molecule has 0 fully saturated rings. The van der Waals surface area contributed by atoms with E-state index >= 15 is 0 Å². The molecule has 18 heavy (non-hydrogen) atoms. The molecule has 8 heteroatoms. The van der Waals surface area contributed by atoms with Crippen LogP contribution >= 0.6 is 10.7 Å². The number of rotatable bonds is 3. The van der Waals surface area contributed by atoms with Gasteiger partial charge in [0.25, 0.3) is 14.2 Å². The molecular formula is C10H11ClN4O2S. The Hall–Kier alpha value is -1.47. The largest absolute Gasteiger partial charge is 0.296 e. The Labute approximate surface area is 109 Å². The van der Waals surface area contributed by atoms with Crippen molar-refractivity contribution in [2.45, 2.75) is 25.0 Å². The first-order valence-electron chi connectivity index (χ1n) is 5.22. The lowest BCUT2D eigenvalue weighted by atomic mass is 10.3. The molecule has 0 atom stereocenters. The van der Waals surface area contributed by atoms with Gasteiger partial charge in [0.15, 0.2) is 5.82 Å². The van der Waals surface area contributed by atoms with Crippen molar-refractivity contribution in [2.24, 2.45) is 0 Å². The summed E-state index contributed by atoms with van der Waals surface area (Å²) >= 11 is 0. The van der Waals surface area contributed by atoms with Crippen LogP contribution in [-0.4, -0.2) is 28.2 Å². The summed E-state index contributed by atoms with van der Waals surface area (Å²) in [6.45, 7) is 3.64. The Morgan fingerprint density at radius 1 is 1.28 bits per heavy atom. The predicted molar refractivity (Wildman–Crippen MR) is 66.7 cm³/mol. The Balaban J connectivity index is 2.68. The van der Waals surface area contributed by atoms with Crippen molar-refractivity contribution in [1.82, 2.24) is 19.7 Å². The second-order valence-electron chi connectivity index (χ2n) is 3.92. The lowest BCUT2D eigenvalue weighted by Gasteiger charge is -2.11. The van der Waals surface area contributed by atoms with Crippen LogP contribution in [-0.2, 0) is 9.05 Å². The zero-order valence-electron chi connectivity index (χ0n) is 9.78. The molecule has 0 saturated carbocycles. The number of halogens is 1. The van der Waals surface area contributed by atoms with Crippen LogP contribution in [0.15, 0.2) is 29.6 Å². The number of nitrogens with zero attached hydrogens (tertiary/aromatic N) is 4. The Kier molecular flexibility index (Phi) is 3.36. The third kappa shape index (κ3) is 2.37. The van der Waals surface area contributed by atoms with E-state index in [-0.39, 0.29) is 11.2 Å². The summed E-state index contributed by atoms with van der Waals surface area (Å²) in [6.07, 6.45) is 1.60. The highest BCUT2D eigenvalue weighted by atomic mass is 35.7. The minimum absolute atomic E-state index is 0.152. The quantitative estimate of drug-likeness (QED) is 0.805. The minimum atomic E-state index is -3.93. The molecule has 0 aromatic carbocycles. The van der Waals surface area contributed by atoms with Gasteiger partial charge < -0.3 is 0 Å². The van der Waals surface area contributed by atoms with Gasteiger partial charge >= 0.3 is 0 Å². The zero-order valence-corrected chi connectivity index (χ0v) is 11.4. The highest BCUT2D eigenvalue weighted by Gasteiger charge is 2.25. The molecule has 2 rings (SSSR count). The summed E-state index contributed by atoms with van der Waals surface area (Å²) in [5.41, 5.74) is 0.547. The van der Waals surface area contributed by atoms with Crippen molar-refractivity contribution in [3.63, 3.8) is 0 Å². The van der Waals surface area contributed by atoms with Crippen LogP contribution in [0.25, 0.3) is 11.5 Å². The van der Waals surface area contributed by atoms with E-state index in [2.05, 4.69) is 15.2 Å². The van der Waals surface area contributed by atoms with E-state index < -0.39 is 9.05 Å². The minimum Gasteiger partial charge on any atom is -0.293 e. The highest BCUT2D eigenvalue weighted by molar-refractivity contribution is 8.13. The molecule has 0 aliphatic rings. The maximum absolute atomic E-state index is 11.4. The molecule has 0 amide bonds. The fraction of sp³-hybridized carbons (Fsp3) is 0.300. The van der Waals surface area contributed by atoms with Crippen LogP contribution in [0.1, 0.15) is 19.9 Å². The molecule has 2 aromatic rings. The first-order chi connectivity index (χ1) is 8.41. The lowest BCUT2D eigenvalue weighted by molar-refractivity contribution is 0.530. The van der Waals surface area contributed by atoms with Crippen molar-refractivity contribution in [3.8, 4) is 11.5 Å². The van der Waals surface area contributed by atoms with Gasteiger partial charge in [-0.05, 0) is 26.0 Å². The first-order valence-corrected chi connectivity index (χ1v) is 7.53. The molecule has 2 aromatic heterocycles. The van der Waals surface area contributed by atoms with Gasteiger partial charge in [0.1, 0.15) is 5.69 Å². The first kappa shape index (κ1) is 13.0. The van der Waals surface area contributed by atoms with E-state index in [4.69, 9.17) is 10.7 Å². The predicted octanol–water partition coefficient (Wildman–Crippen LogP) is 1.85. The SMILES string of the molecule is CC(C)n1c(-c2ccccn2)nnc1S(=O)(=O)Cl. The monoisotopic (exact) mass is 286 g/mol. The third-order valence-electron chi connectivity index (χ3n) is 2.29. The van der Waals surface area contributed by atoms with Crippen LogP contribution in [0.4, 0.5) is 0 Å². The molecule has 0 N–H and O–H groups in total. The van der Waals surface area contributed by atoms with Gasteiger partial charge in [-0.25, -0.2) is 8.42 Å². The smallest absolute Gasteiger partial charge is 0.293 e. The maximum atomic E-state index is 11.4. The van der Waals surface area contributed by atoms with Crippen LogP contribution in [0.5, 0.6) is 0 Å². The molecule has 0 unspecified atom stereocenters. The molecule has 0 aliphatic heterocycles. The average Bonchev–Trinajstić information content (AvgIpc) is 2.74. The molecular weight excluding hydrogens is 276 g/mol. The Morgan fingerprint density at radius 2 is 2.00 bits per heavy atom. The third-order valence-corrected chi connectivity index (χ3v) is 3.42. The second-order valence-corrected chi connectivity index (χ2v) is 6.38. The van der Waals surface area contributed by atoms with Gasteiger partial charge in [0, 0.05) is 22.9 Å². The topological polar surface area (TPSA) is 77.7 Å². The van der Waals surface area contributed by atoms with E-state index in [9.17, 15) is 8.42 Å². The lowest BCUT2D eigenvalue weighted by Crippen LogP contribution is -2.10. The molecule has 96 valence electrons. The van der Waals surface area contributed by atoms with E-state index in [1.54, 1.807) is 24.4 Å². The van der Waals surface area contributed by atoms with Crippen molar-refractivity contribution >= 4 is 19.7 Å². The second kappa shape index (κ2) is 4.66. The van der Waals surface area contributed by atoms with E-state index in [1.165, 1.54) is 4.57 Å². The highest BCUT2D eigenvalue weighted by Crippen LogP contribution is 2.24. The van der Waals surface area contributed by atoms with Gasteiger partial charge in [-0.1, -0.05) is 6.07 Å². The van der Waals surface area contributed by atoms with Gasteiger partial charge in [-0.15, -0.1) is 10.2 Å². The summed E-state index contributed by atoms with van der Waals surface area (Å²) in [7, 11) is 1.41. The summed E-state index contributed by atoms with van der Waals surface area (Å²) in [5, 5.41) is 7.23. The summed E-state index contributed by atoms with van der Waals surface area (Å²) in [6, 6.07) is 5.13. The molecule has 0 saturated heterocycles. The van der Waals surface area contributed by atoms with E-state index in [1.807, 2.05) is 13.8 Å². The molecule has 0 radical (unpaired) electrons. The van der Waals surface area contributed by atoms with Crippen LogP contribution in [0, 0.1) is 0 Å². The van der Waals surface area contributed by atoms with Gasteiger partial charge in [0.05, 0.1) is 0 Å². The van der Waals surface area contributed by atoms with E-state index in [0.717, 1.165) is 0 Å². The Bertz CT molecular complexity index is 652. The molecule has 0 spiro atoms. The number of hydrogen-bond donors (Lipinski definition) is 0. The van der Waals surface area contributed by atoms with Crippen molar-refractivity contribution in [3.05, 3.63) is 24.4 Å². The number of pyridine rings is 1. The number of hydrogen-bond acceptors (Lipinski definition) is 5. The fourth-order valence-electron chi connectivity index (χ4n) is 1.58. The van der Waals surface area contributed by atoms with Crippen LogP contribution < -0.4 is 0 Å². The zero-order chi connectivity index (χ0) is 13.3. The molecule has 0 bridgehead atoms. The normalized spacial score (nSPS) is 12.0. The van der Waals surface area contributed by atoms with Crippen molar-refractivity contribution < 1.29 is 8.42 Å². The van der Waals surface area contributed by atoms with Crippen LogP contribution in [0.2, 0.25) is 0 Å². The number of aromatic nitrogens is 4.